The predicted molar refractivity (Wildman–Crippen MR) is 82.7 cm³/mol. The van der Waals surface area contributed by atoms with Crippen molar-refractivity contribution in [2.24, 2.45) is 5.73 Å². The number of nitrogens with two attached hydrogens (primary N) is 1. The van der Waals surface area contributed by atoms with E-state index in [0.717, 1.165) is 19.3 Å². The van der Waals surface area contributed by atoms with Crippen LogP contribution in [0.15, 0.2) is 4.34 Å². The third kappa shape index (κ3) is 4.25. The van der Waals surface area contributed by atoms with Crippen molar-refractivity contribution in [1.29, 1.82) is 0 Å². The van der Waals surface area contributed by atoms with Crippen LogP contribution >= 0.6 is 11.3 Å². The van der Waals surface area contributed by atoms with E-state index in [4.69, 9.17) is 10.5 Å². The molecule has 1 aliphatic rings. The lowest BCUT2D eigenvalue weighted by atomic mass is 10.2. The minimum atomic E-state index is -3.55. The molecular weight excluding hydrogens is 342 g/mol. The summed E-state index contributed by atoms with van der Waals surface area (Å²) >= 11 is 0.655. The molecule has 2 N–H and O–H groups in total. The first kappa shape index (κ1) is 17.8. The first-order valence-corrected chi connectivity index (χ1v) is 9.87. The number of carbonyl (C=O) groups is 2. The second kappa shape index (κ2) is 6.91. The molecule has 1 heterocycles. The second-order valence-corrected chi connectivity index (χ2v) is 8.76. The summed E-state index contributed by atoms with van der Waals surface area (Å²) in [5, 5.41) is 6.94. The average Bonchev–Trinajstić information content (AvgIpc) is 3.09. The van der Waals surface area contributed by atoms with Crippen LogP contribution in [0, 0.1) is 0 Å². The second-order valence-electron chi connectivity index (χ2n) is 5.50. The molecule has 1 aromatic heterocycles. The number of amides is 1. The topological polar surface area (TPSA) is 129 Å². The molecule has 0 spiro atoms. The van der Waals surface area contributed by atoms with E-state index in [1.165, 1.54) is 0 Å². The minimum Gasteiger partial charge on any atom is -0.444 e. The van der Waals surface area contributed by atoms with E-state index >= 15 is 0 Å². The van der Waals surface area contributed by atoms with Crippen LogP contribution in [0.3, 0.4) is 0 Å². The summed E-state index contributed by atoms with van der Waals surface area (Å²) in [7, 11) is -3.55. The third-order valence-corrected chi connectivity index (χ3v) is 6.70. The van der Waals surface area contributed by atoms with Crippen molar-refractivity contribution in [3.63, 3.8) is 0 Å². The number of hydrogen-bond donors (Lipinski definition) is 1. The van der Waals surface area contributed by atoms with Crippen molar-refractivity contribution in [2.75, 3.05) is 5.75 Å². The van der Waals surface area contributed by atoms with Gasteiger partial charge in [0.25, 0.3) is 5.91 Å². The van der Waals surface area contributed by atoms with Gasteiger partial charge in [-0.1, -0.05) is 37.5 Å². The number of hydrogen-bond acceptors (Lipinski definition) is 8. The van der Waals surface area contributed by atoms with Crippen LogP contribution in [0.2, 0.25) is 0 Å². The van der Waals surface area contributed by atoms with Gasteiger partial charge in [0.2, 0.25) is 19.2 Å². The van der Waals surface area contributed by atoms with E-state index in [0.29, 0.717) is 30.6 Å². The van der Waals surface area contributed by atoms with Crippen LogP contribution < -0.4 is 5.73 Å². The van der Waals surface area contributed by atoms with E-state index in [2.05, 4.69) is 10.2 Å². The number of unbranched alkanes of at least 4 members (excludes halogenated alkanes) is 3. The summed E-state index contributed by atoms with van der Waals surface area (Å²) in [4.78, 5) is 23.1. The van der Waals surface area contributed by atoms with Gasteiger partial charge < -0.3 is 10.5 Å². The first-order chi connectivity index (χ1) is 10.8. The lowest BCUT2D eigenvalue weighted by Crippen LogP contribution is -2.35. The highest BCUT2D eigenvalue weighted by atomic mass is 32.2. The van der Waals surface area contributed by atoms with E-state index in [1.54, 1.807) is 0 Å². The van der Waals surface area contributed by atoms with Gasteiger partial charge >= 0.3 is 5.97 Å². The molecule has 23 heavy (non-hydrogen) atoms. The molecule has 0 saturated heterocycles. The highest BCUT2D eigenvalue weighted by Gasteiger charge is 2.53. The van der Waals surface area contributed by atoms with Gasteiger partial charge in [0, 0.05) is 12.8 Å². The molecule has 0 radical (unpaired) electrons. The van der Waals surface area contributed by atoms with Crippen LogP contribution in [-0.2, 0) is 19.4 Å². The molecule has 0 aromatic carbocycles. The normalized spacial score (nSPS) is 16.0. The van der Waals surface area contributed by atoms with Crippen molar-refractivity contribution < 1.29 is 22.7 Å². The maximum atomic E-state index is 12.1. The zero-order valence-electron chi connectivity index (χ0n) is 12.8. The van der Waals surface area contributed by atoms with Crippen LogP contribution in [0.25, 0.3) is 0 Å². The smallest absolute Gasteiger partial charge is 0.370 e. The predicted octanol–water partition coefficient (Wildman–Crippen LogP) is 1.07. The van der Waals surface area contributed by atoms with Crippen LogP contribution in [0.1, 0.15) is 55.3 Å². The fourth-order valence-electron chi connectivity index (χ4n) is 1.96. The fraction of sp³-hybridized carbons (Fsp3) is 0.692. The highest BCUT2D eigenvalue weighted by molar-refractivity contribution is 7.93. The molecular formula is C13H19N3O5S2. The van der Waals surface area contributed by atoms with E-state index < -0.39 is 27.3 Å². The van der Waals surface area contributed by atoms with Crippen LogP contribution in [0.4, 0.5) is 0 Å². The summed E-state index contributed by atoms with van der Waals surface area (Å²) < 4.78 is 29.1. The van der Waals surface area contributed by atoms with Gasteiger partial charge in [0.05, 0.1) is 5.75 Å². The molecule has 1 fully saturated rings. The zero-order chi connectivity index (χ0) is 17.1. The Balaban J connectivity index is 1.99. The Kier molecular flexibility index (Phi) is 5.35. The summed E-state index contributed by atoms with van der Waals surface area (Å²) in [5.41, 5.74) is 3.91. The van der Waals surface area contributed by atoms with Gasteiger partial charge in [-0.2, -0.15) is 0 Å². The number of carbonyl (C=O) groups excluding carboxylic acids is 2. The van der Waals surface area contributed by atoms with Gasteiger partial charge in [-0.25, -0.2) is 13.2 Å². The van der Waals surface area contributed by atoms with E-state index in [9.17, 15) is 18.0 Å². The van der Waals surface area contributed by atoms with E-state index in [1.807, 2.05) is 6.92 Å². The third-order valence-electron chi connectivity index (χ3n) is 3.55. The van der Waals surface area contributed by atoms with Crippen molar-refractivity contribution in [1.82, 2.24) is 10.2 Å². The number of esters is 1. The molecule has 1 saturated carbocycles. The standard InChI is InChI=1S/C13H19N3O5S2/c1-2-3-4-5-8-23(19,20)12-16-15-9(22-12)10(17)21-13(6-7-13)11(14)18/h2-8H2,1H3,(H2,14,18). The summed E-state index contributed by atoms with van der Waals surface area (Å²) in [5.74, 6) is -1.60. The first-order valence-electron chi connectivity index (χ1n) is 7.40. The Morgan fingerprint density at radius 3 is 2.52 bits per heavy atom. The molecule has 2 rings (SSSR count). The summed E-state index contributed by atoms with van der Waals surface area (Å²) in [6.45, 7) is 2.04. The molecule has 0 unspecified atom stereocenters. The van der Waals surface area contributed by atoms with Crippen molar-refractivity contribution in [3.05, 3.63) is 5.01 Å². The number of ether oxygens (including phenoxy) is 1. The SMILES string of the molecule is CCCCCCS(=O)(=O)c1nnc(C(=O)OC2(C(N)=O)CC2)s1. The zero-order valence-corrected chi connectivity index (χ0v) is 14.4. The molecule has 0 aliphatic heterocycles. The largest absolute Gasteiger partial charge is 0.444 e. The van der Waals surface area contributed by atoms with Crippen LogP contribution in [-0.4, -0.2) is 41.8 Å². The Morgan fingerprint density at radius 1 is 1.26 bits per heavy atom. The average molecular weight is 361 g/mol. The van der Waals surface area contributed by atoms with Crippen molar-refractivity contribution in [3.8, 4) is 0 Å². The fourth-order valence-corrected chi connectivity index (χ4v) is 4.33. The number of primary amides is 1. The Bertz CT molecular complexity index is 694. The van der Waals surface area contributed by atoms with E-state index in [-0.39, 0.29) is 15.1 Å². The molecule has 1 aromatic rings. The van der Waals surface area contributed by atoms with Gasteiger partial charge in [0.1, 0.15) is 0 Å². The quantitative estimate of drug-likeness (QED) is 0.514. The Morgan fingerprint density at radius 2 is 1.96 bits per heavy atom. The molecule has 10 heteroatoms. The number of nitrogens with zero attached hydrogens (tertiary/aromatic N) is 2. The molecule has 8 nitrogen and oxygen atoms in total. The Hall–Kier alpha value is -1.55. The molecule has 1 amide bonds. The van der Waals surface area contributed by atoms with Crippen LogP contribution in [0.5, 0.6) is 0 Å². The lowest BCUT2D eigenvalue weighted by molar-refractivity contribution is -0.128. The number of aromatic nitrogens is 2. The van der Waals surface area contributed by atoms with Crippen molar-refractivity contribution >= 4 is 33.1 Å². The monoisotopic (exact) mass is 361 g/mol. The molecule has 128 valence electrons. The summed E-state index contributed by atoms with van der Waals surface area (Å²) in [6.07, 6.45) is 4.09. The summed E-state index contributed by atoms with van der Waals surface area (Å²) in [6, 6.07) is 0. The highest BCUT2D eigenvalue weighted by Crippen LogP contribution is 2.40. The van der Waals surface area contributed by atoms with Gasteiger partial charge in [0.15, 0.2) is 5.60 Å². The Labute approximate surface area is 138 Å². The maximum absolute atomic E-state index is 12.1. The lowest BCUT2D eigenvalue weighted by Gasteiger charge is -2.10. The number of rotatable bonds is 9. The molecule has 0 bridgehead atoms. The molecule has 0 atom stereocenters. The maximum Gasteiger partial charge on any atom is 0.370 e. The number of sulfone groups is 1. The van der Waals surface area contributed by atoms with Gasteiger partial charge in [-0.05, 0) is 6.42 Å². The molecule has 1 aliphatic carbocycles. The minimum absolute atomic E-state index is 0.0259. The van der Waals surface area contributed by atoms with Crippen molar-refractivity contribution in [2.45, 2.75) is 55.4 Å². The van der Waals surface area contributed by atoms with Gasteiger partial charge in [-0.3, -0.25) is 4.79 Å². The van der Waals surface area contributed by atoms with Gasteiger partial charge in [-0.15, -0.1) is 10.2 Å².